The Hall–Kier alpha value is -2.90. The summed E-state index contributed by atoms with van der Waals surface area (Å²) in [5.41, 5.74) is 9.33. The number of hydrogen-bond acceptors (Lipinski definition) is 15. The molecule has 0 radical (unpaired) electrons. The van der Waals surface area contributed by atoms with Crippen LogP contribution in [0.25, 0.3) is 22.2 Å². The van der Waals surface area contributed by atoms with E-state index in [0.717, 1.165) is 11.1 Å². The molecule has 0 spiro atoms. The zero-order chi connectivity index (χ0) is 31.8. The third kappa shape index (κ3) is 5.48. The lowest BCUT2D eigenvalue weighted by molar-refractivity contribution is -0.0671. The Morgan fingerprint density at radius 1 is 0.822 bits per heavy atom. The van der Waals surface area contributed by atoms with Crippen molar-refractivity contribution in [3.05, 3.63) is 42.2 Å². The van der Waals surface area contributed by atoms with Gasteiger partial charge in [-0.1, -0.05) is 0 Å². The Bertz CT molecular complexity index is 1870. The highest BCUT2D eigenvalue weighted by Crippen LogP contribution is 2.53. The van der Waals surface area contributed by atoms with Gasteiger partial charge in [-0.05, 0) is 37.1 Å². The highest BCUT2D eigenvalue weighted by Gasteiger charge is 2.53. The van der Waals surface area contributed by atoms with Gasteiger partial charge in [0.2, 0.25) is 0 Å². The minimum atomic E-state index is -5.00. The summed E-state index contributed by atoms with van der Waals surface area (Å²) in [6, 6.07) is 3.68. The van der Waals surface area contributed by atoms with Crippen LogP contribution >= 0.6 is 15.6 Å². The average molecular weight is 669 g/mol. The fraction of sp³-hybridized carbons (Fsp3) is 0.500. The van der Waals surface area contributed by atoms with Crippen LogP contribution in [0.2, 0.25) is 0 Å². The number of aryl methyl sites for hydroxylation is 2. The molecule has 3 aliphatic heterocycles. The largest absolute Gasteiger partial charge is 0.472 e. The molecule has 1 aromatic carbocycles. The third-order valence-electron chi connectivity index (χ3n) is 8.06. The van der Waals surface area contributed by atoms with Gasteiger partial charge in [-0.25, -0.2) is 29.1 Å². The molecule has 2 bridgehead atoms. The van der Waals surface area contributed by atoms with Crippen LogP contribution in [-0.2, 0) is 36.7 Å². The number of imidazole rings is 2. The number of rotatable bonds is 2. The molecule has 0 aliphatic carbocycles. The van der Waals surface area contributed by atoms with Gasteiger partial charge >= 0.3 is 15.6 Å². The number of phosphoric acid groups is 2. The Morgan fingerprint density at radius 2 is 1.47 bits per heavy atom. The molecule has 7 rings (SSSR count). The molecule has 6 heterocycles. The molecule has 3 aromatic heterocycles. The molecule has 242 valence electrons. The quantitative estimate of drug-likeness (QED) is 0.183. The molecular formula is C24H29N7O12P2. The van der Waals surface area contributed by atoms with Crippen molar-refractivity contribution >= 4 is 43.7 Å². The molecule has 0 amide bonds. The van der Waals surface area contributed by atoms with Crippen molar-refractivity contribution in [3.8, 4) is 0 Å². The van der Waals surface area contributed by atoms with Crippen molar-refractivity contribution in [1.29, 1.82) is 0 Å². The second-order valence-electron chi connectivity index (χ2n) is 10.9. The number of phosphoric ester groups is 2. The van der Waals surface area contributed by atoms with Gasteiger partial charge < -0.3 is 39.8 Å². The average Bonchev–Trinajstić information content (AvgIpc) is 3.73. The monoisotopic (exact) mass is 669 g/mol. The number of fused-ring (bicyclic) bond motifs is 5. The van der Waals surface area contributed by atoms with Gasteiger partial charge in [-0.15, -0.1) is 0 Å². The van der Waals surface area contributed by atoms with E-state index < -0.39 is 77.9 Å². The number of ether oxygens (including phenoxy) is 2. The number of hydrogen-bond donors (Lipinski definition) is 5. The zero-order valence-electron chi connectivity index (χ0n) is 23.6. The fourth-order valence-electron chi connectivity index (χ4n) is 5.65. The van der Waals surface area contributed by atoms with E-state index in [-0.39, 0.29) is 17.0 Å². The Balaban J connectivity index is 1.20. The second kappa shape index (κ2) is 11.1. The molecule has 21 heteroatoms. The molecule has 45 heavy (non-hydrogen) atoms. The summed E-state index contributed by atoms with van der Waals surface area (Å²) in [6.45, 7) is 2.35. The SMILES string of the molecule is Cc1cc2ncn([C@@H]3O[C@@H]4COP(=O)(O)OC5C(O)[C@H](n6cnc7c(N)ncnc76)O[C@@H]5COP(=O)(O)OC3C4O)c2cc1C. The number of nitrogen functional groups attached to an aromatic ring is 1. The fourth-order valence-corrected chi connectivity index (χ4v) is 7.55. The zero-order valence-corrected chi connectivity index (χ0v) is 25.4. The molecule has 6 unspecified atom stereocenters. The van der Waals surface area contributed by atoms with Crippen molar-refractivity contribution in [2.45, 2.75) is 62.9 Å². The topological polar surface area (TPSA) is 258 Å². The van der Waals surface area contributed by atoms with E-state index in [1.54, 1.807) is 0 Å². The van der Waals surface area contributed by atoms with E-state index in [1.807, 2.05) is 26.0 Å². The van der Waals surface area contributed by atoms with Gasteiger partial charge in [-0.3, -0.25) is 22.7 Å². The first-order chi connectivity index (χ1) is 21.3. The van der Waals surface area contributed by atoms with Crippen LogP contribution in [0.1, 0.15) is 23.6 Å². The second-order valence-corrected chi connectivity index (χ2v) is 13.8. The number of nitrogens with zero attached hydrogens (tertiary/aromatic N) is 6. The molecule has 3 saturated heterocycles. The van der Waals surface area contributed by atoms with Crippen molar-refractivity contribution in [2.75, 3.05) is 18.9 Å². The van der Waals surface area contributed by atoms with E-state index in [4.69, 9.17) is 33.3 Å². The lowest BCUT2D eigenvalue weighted by Crippen LogP contribution is -2.36. The first-order valence-electron chi connectivity index (χ1n) is 13.7. The molecule has 3 fully saturated rings. The summed E-state index contributed by atoms with van der Waals surface area (Å²) in [5, 5.41) is 22.3. The minimum Gasteiger partial charge on any atom is -0.387 e. The van der Waals surface area contributed by atoms with Crippen LogP contribution < -0.4 is 5.73 Å². The molecule has 19 nitrogen and oxygen atoms in total. The van der Waals surface area contributed by atoms with E-state index in [2.05, 4.69) is 19.9 Å². The Morgan fingerprint density at radius 3 is 2.22 bits per heavy atom. The number of anilines is 1. The van der Waals surface area contributed by atoms with Gasteiger partial charge in [0.25, 0.3) is 0 Å². The molecule has 3 aliphatic rings. The molecule has 4 aromatic rings. The lowest BCUT2D eigenvalue weighted by Gasteiger charge is -2.26. The van der Waals surface area contributed by atoms with Gasteiger partial charge in [-0.2, -0.15) is 0 Å². The lowest BCUT2D eigenvalue weighted by atomic mass is 10.1. The van der Waals surface area contributed by atoms with Crippen molar-refractivity contribution in [3.63, 3.8) is 0 Å². The number of aliphatic hydroxyl groups excluding tert-OH is 2. The number of benzene rings is 1. The van der Waals surface area contributed by atoms with E-state index in [9.17, 15) is 29.1 Å². The number of aromatic nitrogens is 6. The predicted molar refractivity (Wildman–Crippen MR) is 150 cm³/mol. The Labute approximate surface area is 253 Å². The summed E-state index contributed by atoms with van der Waals surface area (Å²) in [5.74, 6) is 0.0614. The summed E-state index contributed by atoms with van der Waals surface area (Å²) in [6.07, 6.45) is -7.86. The van der Waals surface area contributed by atoms with Gasteiger partial charge in [0.1, 0.15) is 48.5 Å². The van der Waals surface area contributed by atoms with E-state index in [0.29, 0.717) is 11.0 Å². The number of nitrogens with two attached hydrogens (primary N) is 1. The van der Waals surface area contributed by atoms with E-state index >= 15 is 0 Å². The highest BCUT2D eigenvalue weighted by molar-refractivity contribution is 7.47. The maximum absolute atomic E-state index is 13.3. The van der Waals surface area contributed by atoms with Crippen LogP contribution in [0.3, 0.4) is 0 Å². The molecule has 10 atom stereocenters. The van der Waals surface area contributed by atoms with E-state index in [1.165, 1.54) is 28.1 Å². The van der Waals surface area contributed by atoms with Crippen molar-refractivity contribution in [1.82, 2.24) is 29.1 Å². The van der Waals surface area contributed by atoms with Crippen LogP contribution in [0.4, 0.5) is 5.82 Å². The molecule has 6 N–H and O–H groups in total. The van der Waals surface area contributed by atoms with Crippen LogP contribution in [0.5, 0.6) is 0 Å². The molecule has 0 saturated carbocycles. The first-order valence-corrected chi connectivity index (χ1v) is 16.7. The van der Waals surface area contributed by atoms with Crippen LogP contribution in [0, 0.1) is 13.8 Å². The summed E-state index contributed by atoms with van der Waals surface area (Å²) >= 11 is 0. The maximum Gasteiger partial charge on any atom is 0.472 e. The maximum atomic E-state index is 13.3. The normalized spacial score (nSPS) is 37.7. The van der Waals surface area contributed by atoms with Crippen LogP contribution in [0.15, 0.2) is 31.1 Å². The summed E-state index contributed by atoms with van der Waals surface area (Å²) < 4.78 is 62.2. The van der Waals surface area contributed by atoms with Crippen LogP contribution in [-0.4, -0.2) is 98.9 Å². The summed E-state index contributed by atoms with van der Waals surface area (Å²) in [4.78, 5) is 37.9. The van der Waals surface area contributed by atoms with Crippen molar-refractivity contribution in [2.24, 2.45) is 0 Å². The Kier molecular flexibility index (Phi) is 7.59. The molecular weight excluding hydrogens is 640 g/mol. The first kappa shape index (κ1) is 30.7. The smallest absolute Gasteiger partial charge is 0.387 e. The van der Waals surface area contributed by atoms with Gasteiger partial charge in [0, 0.05) is 0 Å². The third-order valence-corrected chi connectivity index (χ3v) is 10.0. The minimum absolute atomic E-state index is 0.0614. The standard InChI is InChI=1S/C24H29N7O12P2/c1-10-3-12-13(4-11(10)2)30(8-28-12)24-20-17(32)14(40-24)5-38-44(34,35)42-19-15(6-39-45(36,37)43-20)41-23(18(19)33)31-9-29-16-21(25)26-7-27-22(16)31/h3-4,7-9,14-15,17-20,23-24,32-33H,5-6H2,1-2H3,(H,34,35)(H,36,37)(H2,25,26,27)/t14-,15-,17?,18?,19?,20?,23-,24-/m1/s1. The highest BCUT2D eigenvalue weighted by atomic mass is 31.2. The number of aliphatic hydroxyl groups is 2. The van der Waals surface area contributed by atoms with Gasteiger partial charge in [0.05, 0.1) is 36.9 Å². The summed E-state index contributed by atoms with van der Waals surface area (Å²) in [7, 11) is -9.99. The predicted octanol–water partition coefficient (Wildman–Crippen LogP) is 0.610. The van der Waals surface area contributed by atoms with Crippen molar-refractivity contribution < 1.29 is 56.7 Å². The van der Waals surface area contributed by atoms with Gasteiger partial charge in [0.15, 0.2) is 23.9 Å².